The lowest BCUT2D eigenvalue weighted by molar-refractivity contribution is 0.184. The molecular weight excluding hydrogens is 380 g/mol. The van der Waals surface area contributed by atoms with Crippen molar-refractivity contribution < 1.29 is 14.3 Å². The molecule has 0 heterocycles. The van der Waals surface area contributed by atoms with Crippen molar-refractivity contribution >= 4 is 83.6 Å². The lowest BCUT2D eigenvalue weighted by Crippen LogP contribution is -2.31. The Bertz CT molecular complexity index is 704. The molecule has 0 aromatic heterocycles. The monoisotopic (exact) mass is 386 g/mol. The summed E-state index contributed by atoms with van der Waals surface area (Å²) < 4.78 is 4.77. The molecule has 2 aromatic carbocycles. The molecule has 0 saturated heterocycles. The van der Waals surface area contributed by atoms with Gasteiger partial charge in [0.2, 0.25) is 0 Å². The number of hydrogen-bond acceptors (Lipinski definition) is 3. The highest BCUT2D eigenvalue weighted by atomic mass is 35.5. The fourth-order valence-corrected chi connectivity index (χ4v) is 2.47. The molecule has 0 N–H and O–H groups in total. The summed E-state index contributed by atoms with van der Waals surface area (Å²) in [5.74, 6) is -1.35. The van der Waals surface area contributed by atoms with Crippen LogP contribution in [-0.4, -0.2) is 26.3 Å². The first kappa shape index (κ1) is 18.2. The zero-order chi connectivity index (χ0) is 17.0. The fourth-order valence-electron chi connectivity index (χ4n) is 1.83. The molecule has 0 aliphatic heterocycles. The van der Waals surface area contributed by atoms with Gasteiger partial charge in [-0.15, -0.1) is 0 Å². The molecule has 0 aliphatic rings. The third-order valence-electron chi connectivity index (χ3n) is 2.89. The van der Waals surface area contributed by atoms with Gasteiger partial charge in [-0.3, -0.25) is 9.59 Å². The number of benzene rings is 2. The van der Waals surface area contributed by atoms with Crippen LogP contribution in [0.25, 0.3) is 0 Å². The zero-order valence-electron chi connectivity index (χ0n) is 11.6. The van der Waals surface area contributed by atoms with Crippen LogP contribution < -0.4 is 10.9 Å². The summed E-state index contributed by atoms with van der Waals surface area (Å²) in [5, 5.41) is 1.44. The van der Waals surface area contributed by atoms with Crippen LogP contribution in [-0.2, 0) is 4.74 Å². The van der Waals surface area contributed by atoms with Gasteiger partial charge in [-0.25, -0.2) is 0 Å². The summed E-state index contributed by atoms with van der Waals surface area (Å²) in [4.78, 5) is 23.5. The molecule has 0 bridgehead atoms. The van der Waals surface area contributed by atoms with Crippen molar-refractivity contribution in [2.24, 2.45) is 0 Å². The Hall–Kier alpha value is -1.13. The average molecular weight is 388 g/mol. The first-order valence-electron chi connectivity index (χ1n) is 6.46. The van der Waals surface area contributed by atoms with Crippen molar-refractivity contribution in [3.8, 4) is 0 Å². The standard InChI is InChI=1S/C14H8B2Cl4O3/c17-9-3-1-7(5-11(9)19)15-13(21)23-14(22)16-8-2-4-10(18)12(20)6-8/h1-6,15-16H. The van der Waals surface area contributed by atoms with Crippen LogP contribution in [0.5, 0.6) is 0 Å². The molecule has 116 valence electrons. The van der Waals surface area contributed by atoms with Crippen molar-refractivity contribution in [1.29, 1.82) is 0 Å². The smallest absolute Gasteiger partial charge is 0.294 e. The van der Waals surface area contributed by atoms with Crippen molar-refractivity contribution in [3.05, 3.63) is 56.5 Å². The number of ether oxygens (including phenoxy) is 1. The molecular formula is C14H8B2Cl4O3. The van der Waals surface area contributed by atoms with E-state index in [1.165, 1.54) is 0 Å². The molecule has 0 radical (unpaired) electrons. The SMILES string of the molecule is O=C(Bc1ccc(Cl)c(Cl)c1)OC(=O)Bc1ccc(Cl)c(Cl)c1. The van der Waals surface area contributed by atoms with E-state index in [2.05, 4.69) is 0 Å². The molecule has 2 rings (SSSR count). The topological polar surface area (TPSA) is 43.4 Å². The van der Waals surface area contributed by atoms with Gasteiger partial charge in [-0.05, 0) is 24.3 Å². The maximum atomic E-state index is 11.8. The molecule has 0 unspecified atom stereocenters. The van der Waals surface area contributed by atoms with Crippen LogP contribution in [0.3, 0.4) is 0 Å². The van der Waals surface area contributed by atoms with Gasteiger partial charge in [0.15, 0.2) is 0 Å². The first-order valence-corrected chi connectivity index (χ1v) is 7.97. The molecule has 2 aromatic rings. The molecule has 0 atom stereocenters. The second-order valence-corrected chi connectivity index (χ2v) is 6.33. The Morgan fingerprint density at radius 2 is 1.09 bits per heavy atom. The fraction of sp³-hybridized carbons (Fsp3) is 0. The maximum Gasteiger partial charge on any atom is 0.294 e. The third kappa shape index (κ3) is 5.47. The first-order chi connectivity index (χ1) is 10.8. The van der Waals surface area contributed by atoms with Crippen LogP contribution in [0.4, 0.5) is 9.59 Å². The summed E-state index contributed by atoms with van der Waals surface area (Å²) in [6.45, 7) is 0. The van der Waals surface area contributed by atoms with E-state index in [0.29, 0.717) is 31.0 Å². The van der Waals surface area contributed by atoms with Crippen LogP contribution >= 0.6 is 46.4 Å². The van der Waals surface area contributed by atoms with Crippen molar-refractivity contribution in [3.63, 3.8) is 0 Å². The lowest BCUT2D eigenvalue weighted by atomic mass is 9.69. The van der Waals surface area contributed by atoms with Gasteiger partial charge < -0.3 is 4.74 Å². The molecule has 0 amide bonds. The third-order valence-corrected chi connectivity index (χ3v) is 4.37. The minimum Gasteiger partial charge on any atom is -0.410 e. The van der Waals surface area contributed by atoms with E-state index < -0.39 is 11.7 Å². The van der Waals surface area contributed by atoms with Crippen molar-refractivity contribution in [2.45, 2.75) is 0 Å². The van der Waals surface area contributed by atoms with Gasteiger partial charge in [0.1, 0.15) is 0 Å². The summed E-state index contributed by atoms with van der Waals surface area (Å²) in [7, 11) is -0.159. The number of carbonyl (C=O) groups excluding carboxylic acids is 2. The number of rotatable bonds is 4. The summed E-state index contributed by atoms with van der Waals surface area (Å²) in [5.41, 5.74) is 1.21. The minimum absolute atomic E-state index is 0.0794. The highest BCUT2D eigenvalue weighted by Gasteiger charge is 2.16. The van der Waals surface area contributed by atoms with Crippen LogP contribution in [0, 0.1) is 0 Å². The maximum absolute atomic E-state index is 11.8. The highest BCUT2D eigenvalue weighted by molar-refractivity contribution is 6.87. The molecule has 0 spiro atoms. The van der Waals surface area contributed by atoms with E-state index in [1.54, 1.807) is 36.4 Å². The lowest BCUT2D eigenvalue weighted by Gasteiger charge is -2.04. The Balaban J connectivity index is 1.92. The summed E-state index contributed by atoms with van der Waals surface area (Å²) >= 11 is 23.3. The Morgan fingerprint density at radius 3 is 1.43 bits per heavy atom. The van der Waals surface area contributed by atoms with E-state index in [1.807, 2.05) is 0 Å². The van der Waals surface area contributed by atoms with Crippen LogP contribution in [0.2, 0.25) is 20.1 Å². The van der Waals surface area contributed by atoms with E-state index in [9.17, 15) is 9.59 Å². The van der Waals surface area contributed by atoms with Gasteiger partial charge in [0, 0.05) is 0 Å². The van der Waals surface area contributed by atoms with Gasteiger partial charge >= 0.3 is 0 Å². The zero-order valence-corrected chi connectivity index (χ0v) is 14.6. The number of carbonyl (C=O) groups is 2. The molecule has 0 saturated carbocycles. The van der Waals surface area contributed by atoms with Gasteiger partial charge in [-0.2, -0.15) is 0 Å². The van der Waals surface area contributed by atoms with Gasteiger partial charge in [0.05, 0.1) is 20.1 Å². The molecule has 9 heteroatoms. The second kappa shape index (κ2) is 8.11. The van der Waals surface area contributed by atoms with Gasteiger partial charge in [0.25, 0.3) is 26.3 Å². The Labute approximate surface area is 154 Å². The van der Waals surface area contributed by atoms with Crippen LogP contribution in [0.1, 0.15) is 0 Å². The Kier molecular flexibility index (Phi) is 6.42. The quantitative estimate of drug-likeness (QED) is 0.597. The van der Waals surface area contributed by atoms with E-state index in [0.717, 1.165) is 0 Å². The highest BCUT2D eigenvalue weighted by Crippen LogP contribution is 2.19. The summed E-state index contributed by atoms with van der Waals surface area (Å²) in [6, 6.07) is 9.52. The van der Waals surface area contributed by atoms with Crippen molar-refractivity contribution in [1.82, 2.24) is 0 Å². The second-order valence-electron chi connectivity index (χ2n) is 4.70. The van der Waals surface area contributed by atoms with E-state index in [-0.39, 0.29) is 14.6 Å². The van der Waals surface area contributed by atoms with E-state index in [4.69, 9.17) is 51.1 Å². The number of hydrogen-bond donors (Lipinski definition) is 0. The predicted octanol–water partition coefficient (Wildman–Crippen LogP) is 3.38. The molecule has 0 fully saturated rings. The van der Waals surface area contributed by atoms with Crippen LogP contribution in [0.15, 0.2) is 36.4 Å². The average Bonchev–Trinajstić information content (AvgIpc) is 2.46. The normalized spacial score (nSPS) is 10.1. The number of halogens is 4. The predicted molar refractivity (Wildman–Crippen MR) is 98.4 cm³/mol. The largest absolute Gasteiger partial charge is 0.410 e. The van der Waals surface area contributed by atoms with Crippen molar-refractivity contribution in [2.75, 3.05) is 0 Å². The van der Waals surface area contributed by atoms with Gasteiger partial charge in [-0.1, -0.05) is 69.5 Å². The minimum atomic E-state index is -0.673. The molecule has 23 heavy (non-hydrogen) atoms. The van der Waals surface area contributed by atoms with E-state index >= 15 is 0 Å². The Morgan fingerprint density at radius 1 is 0.696 bits per heavy atom. The molecule has 3 nitrogen and oxygen atoms in total. The summed E-state index contributed by atoms with van der Waals surface area (Å²) in [6.07, 6.45) is 0. The molecule has 0 aliphatic carbocycles.